The molecule has 1 heterocycles. The van der Waals surface area contributed by atoms with Crippen molar-refractivity contribution in [2.75, 3.05) is 19.7 Å². The molecule has 2 amide bonds. The molecule has 0 spiro atoms. The summed E-state index contributed by atoms with van der Waals surface area (Å²) in [5.41, 5.74) is 0.934. The molecule has 5 nitrogen and oxygen atoms in total. The first kappa shape index (κ1) is 18.9. The van der Waals surface area contributed by atoms with Crippen molar-refractivity contribution in [3.05, 3.63) is 65.5 Å². The number of benzene rings is 2. The molecule has 0 atom stereocenters. The molecule has 1 fully saturated rings. The quantitative estimate of drug-likeness (QED) is 0.879. The van der Waals surface area contributed by atoms with Crippen LogP contribution in [-0.4, -0.2) is 42.5 Å². The Kier molecular flexibility index (Phi) is 6.06. The van der Waals surface area contributed by atoms with Gasteiger partial charge in [-0.3, -0.25) is 9.59 Å². The molecule has 1 saturated heterocycles. The van der Waals surface area contributed by atoms with E-state index in [1.54, 1.807) is 35.2 Å². The van der Waals surface area contributed by atoms with Crippen LogP contribution in [0.1, 0.15) is 40.5 Å². The van der Waals surface area contributed by atoms with Gasteiger partial charge in [-0.2, -0.15) is 0 Å². The molecule has 0 radical (unpaired) electrons. The molecule has 2 aromatic rings. The number of amides is 2. The zero-order valence-corrected chi connectivity index (χ0v) is 15.3. The van der Waals surface area contributed by atoms with Crippen molar-refractivity contribution < 1.29 is 18.7 Å². The summed E-state index contributed by atoms with van der Waals surface area (Å²) in [6.07, 6.45) is 1.34. The molecular formula is C21H23FN2O3. The summed E-state index contributed by atoms with van der Waals surface area (Å²) >= 11 is 0. The fraction of sp³-hybridized carbons (Fsp3) is 0.333. The summed E-state index contributed by atoms with van der Waals surface area (Å²) in [6.45, 7) is 3.64. The van der Waals surface area contributed by atoms with Crippen LogP contribution in [0.25, 0.3) is 0 Å². The Morgan fingerprint density at radius 1 is 1.11 bits per heavy atom. The summed E-state index contributed by atoms with van der Waals surface area (Å²) in [5.74, 6) is 0.00462. The number of likely N-dealkylation sites (tertiary alicyclic amines) is 1. The molecule has 0 unspecified atom stereocenters. The highest BCUT2D eigenvalue weighted by Crippen LogP contribution is 2.17. The van der Waals surface area contributed by atoms with E-state index in [0.717, 1.165) is 5.75 Å². The van der Waals surface area contributed by atoms with Crippen molar-refractivity contribution in [3.8, 4) is 5.75 Å². The van der Waals surface area contributed by atoms with Crippen molar-refractivity contribution in [2.24, 2.45) is 0 Å². The molecule has 1 aliphatic rings. The molecular weight excluding hydrogens is 347 g/mol. The number of hydrogen-bond donors (Lipinski definition) is 1. The van der Waals surface area contributed by atoms with Gasteiger partial charge >= 0.3 is 0 Å². The fourth-order valence-corrected chi connectivity index (χ4v) is 3.17. The van der Waals surface area contributed by atoms with Crippen LogP contribution in [0.15, 0.2) is 48.5 Å². The predicted molar refractivity (Wildman–Crippen MR) is 100 cm³/mol. The molecule has 3 rings (SSSR count). The van der Waals surface area contributed by atoms with Crippen LogP contribution in [0, 0.1) is 5.82 Å². The molecule has 0 bridgehead atoms. The number of nitrogens with zero attached hydrogens (tertiary/aromatic N) is 1. The van der Waals surface area contributed by atoms with Gasteiger partial charge in [0.1, 0.15) is 11.6 Å². The number of ether oxygens (including phenoxy) is 1. The third-order valence-electron chi connectivity index (χ3n) is 4.62. The first-order valence-electron chi connectivity index (χ1n) is 9.15. The molecule has 0 aliphatic carbocycles. The monoisotopic (exact) mass is 370 g/mol. The van der Waals surface area contributed by atoms with E-state index in [1.165, 1.54) is 18.2 Å². The van der Waals surface area contributed by atoms with E-state index < -0.39 is 5.82 Å². The molecule has 27 heavy (non-hydrogen) atoms. The normalized spacial score (nSPS) is 14.7. The van der Waals surface area contributed by atoms with Gasteiger partial charge in [0.15, 0.2) is 0 Å². The number of rotatable bonds is 5. The molecule has 1 N–H and O–H groups in total. The highest BCUT2D eigenvalue weighted by molar-refractivity contribution is 5.95. The lowest BCUT2D eigenvalue weighted by atomic mass is 10.0. The lowest BCUT2D eigenvalue weighted by molar-refractivity contribution is 0.0698. The smallest absolute Gasteiger partial charge is 0.253 e. The highest BCUT2D eigenvalue weighted by atomic mass is 19.1. The Morgan fingerprint density at radius 3 is 2.44 bits per heavy atom. The molecule has 0 saturated carbocycles. The van der Waals surface area contributed by atoms with Crippen molar-refractivity contribution >= 4 is 11.8 Å². The Bertz CT molecular complexity index is 799. The van der Waals surface area contributed by atoms with Crippen LogP contribution in [0.4, 0.5) is 4.39 Å². The number of carbonyl (C=O) groups excluding carboxylic acids is 2. The van der Waals surface area contributed by atoms with Gasteiger partial charge in [0.05, 0.1) is 6.61 Å². The summed E-state index contributed by atoms with van der Waals surface area (Å²) in [5, 5.41) is 2.92. The van der Waals surface area contributed by atoms with E-state index in [2.05, 4.69) is 5.32 Å². The van der Waals surface area contributed by atoms with E-state index in [-0.39, 0.29) is 17.9 Å². The van der Waals surface area contributed by atoms with E-state index in [4.69, 9.17) is 4.74 Å². The van der Waals surface area contributed by atoms with Gasteiger partial charge in [0, 0.05) is 30.3 Å². The third-order valence-corrected chi connectivity index (χ3v) is 4.62. The minimum absolute atomic E-state index is 0.0204. The van der Waals surface area contributed by atoms with Crippen molar-refractivity contribution in [1.82, 2.24) is 10.2 Å². The Hall–Kier alpha value is -2.89. The maximum absolute atomic E-state index is 13.2. The predicted octanol–water partition coefficient (Wildman–Crippen LogP) is 3.26. The second-order valence-electron chi connectivity index (χ2n) is 6.51. The van der Waals surface area contributed by atoms with Gasteiger partial charge in [-0.05, 0) is 62.2 Å². The first-order chi connectivity index (χ1) is 13.1. The maximum atomic E-state index is 13.2. The number of nitrogens with one attached hydrogen (secondary N) is 1. The largest absolute Gasteiger partial charge is 0.494 e. The van der Waals surface area contributed by atoms with Gasteiger partial charge in [0.2, 0.25) is 0 Å². The van der Waals surface area contributed by atoms with Gasteiger partial charge in [-0.25, -0.2) is 4.39 Å². The SMILES string of the molecule is CCOc1ccc(C(=O)N2CCC(NC(=O)c3cccc(F)c3)CC2)cc1. The third kappa shape index (κ3) is 4.84. The Labute approximate surface area is 158 Å². The first-order valence-corrected chi connectivity index (χ1v) is 9.15. The van der Waals surface area contributed by atoms with Crippen molar-refractivity contribution in [3.63, 3.8) is 0 Å². The number of hydrogen-bond acceptors (Lipinski definition) is 3. The molecule has 1 aliphatic heterocycles. The summed E-state index contributed by atoms with van der Waals surface area (Å²) < 4.78 is 18.6. The van der Waals surface area contributed by atoms with Crippen LogP contribution < -0.4 is 10.1 Å². The molecule has 142 valence electrons. The zero-order valence-electron chi connectivity index (χ0n) is 15.3. The van der Waals surface area contributed by atoms with E-state index in [9.17, 15) is 14.0 Å². The lowest BCUT2D eigenvalue weighted by Crippen LogP contribution is -2.46. The Balaban J connectivity index is 1.52. The zero-order chi connectivity index (χ0) is 19.2. The standard InChI is InChI=1S/C21H23FN2O3/c1-2-27-19-8-6-15(7-9-19)21(26)24-12-10-18(11-13-24)23-20(25)16-4-3-5-17(22)14-16/h3-9,14,18H,2,10-13H2,1H3,(H,23,25). The molecule has 0 aromatic heterocycles. The summed E-state index contributed by atoms with van der Waals surface area (Å²) in [7, 11) is 0. The van der Waals surface area contributed by atoms with E-state index in [1.807, 2.05) is 6.92 Å². The van der Waals surface area contributed by atoms with E-state index >= 15 is 0 Å². The molecule has 2 aromatic carbocycles. The lowest BCUT2D eigenvalue weighted by Gasteiger charge is -2.32. The summed E-state index contributed by atoms with van der Waals surface area (Å²) in [6, 6.07) is 12.7. The summed E-state index contributed by atoms with van der Waals surface area (Å²) in [4.78, 5) is 26.6. The minimum Gasteiger partial charge on any atom is -0.494 e. The topological polar surface area (TPSA) is 58.6 Å². The highest BCUT2D eigenvalue weighted by Gasteiger charge is 2.25. The number of piperidine rings is 1. The number of halogens is 1. The second kappa shape index (κ2) is 8.66. The number of carbonyl (C=O) groups is 2. The van der Waals surface area contributed by atoms with Gasteiger partial charge < -0.3 is 15.0 Å². The van der Waals surface area contributed by atoms with Crippen LogP contribution in [-0.2, 0) is 0 Å². The van der Waals surface area contributed by atoms with Gasteiger partial charge in [-0.1, -0.05) is 6.07 Å². The minimum atomic E-state index is -0.432. The van der Waals surface area contributed by atoms with Crippen LogP contribution in [0.2, 0.25) is 0 Å². The average Bonchev–Trinajstić information content (AvgIpc) is 2.69. The molecule has 6 heteroatoms. The maximum Gasteiger partial charge on any atom is 0.253 e. The van der Waals surface area contributed by atoms with Crippen molar-refractivity contribution in [1.29, 1.82) is 0 Å². The fourth-order valence-electron chi connectivity index (χ4n) is 3.17. The van der Waals surface area contributed by atoms with Gasteiger partial charge in [0.25, 0.3) is 11.8 Å². The van der Waals surface area contributed by atoms with Crippen molar-refractivity contribution in [2.45, 2.75) is 25.8 Å². The van der Waals surface area contributed by atoms with Gasteiger partial charge in [-0.15, -0.1) is 0 Å². The van der Waals surface area contributed by atoms with E-state index in [0.29, 0.717) is 43.7 Å². The average molecular weight is 370 g/mol. The Morgan fingerprint density at radius 2 is 1.81 bits per heavy atom. The van der Waals surface area contributed by atoms with Crippen LogP contribution in [0.5, 0.6) is 5.75 Å². The van der Waals surface area contributed by atoms with Crippen LogP contribution in [0.3, 0.4) is 0 Å². The van der Waals surface area contributed by atoms with Crippen LogP contribution >= 0.6 is 0 Å². The second-order valence-corrected chi connectivity index (χ2v) is 6.51.